The molecule has 2 aliphatic rings. The molecule has 0 spiro atoms. The summed E-state index contributed by atoms with van der Waals surface area (Å²) in [5, 5.41) is 9.82. The quantitative estimate of drug-likeness (QED) is 0.724. The van der Waals surface area contributed by atoms with Crippen LogP contribution in [0, 0.1) is 11.8 Å². The second-order valence-electron chi connectivity index (χ2n) is 8.67. The van der Waals surface area contributed by atoms with Gasteiger partial charge in [0, 0.05) is 44.3 Å². The van der Waals surface area contributed by atoms with Crippen molar-refractivity contribution in [2.24, 2.45) is 18.9 Å². The third-order valence-electron chi connectivity index (χ3n) is 6.49. The molecule has 0 unspecified atom stereocenters. The van der Waals surface area contributed by atoms with Crippen molar-refractivity contribution in [3.05, 3.63) is 29.0 Å². The molecule has 0 aromatic carbocycles. The first-order valence-corrected chi connectivity index (χ1v) is 12.0. The van der Waals surface area contributed by atoms with Crippen LogP contribution in [-0.4, -0.2) is 44.6 Å². The van der Waals surface area contributed by atoms with Gasteiger partial charge in [0.15, 0.2) is 5.13 Å². The van der Waals surface area contributed by atoms with Gasteiger partial charge in [-0.05, 0) is 37.5 Å². The van der Waals surface area contributed by atoms with E-state index in [-0.39, 0.29) is 5.91 Å². The van der Waals surface area contributed by atoms with Gasteiger partial charge in [0.05, 0.1) is 11.3 Å². The monoisotopic (exact) mass is 429 g/mol. The number of thiazole rings is 1. The summed E-state index contributed by atoms with van der Waals surface area (Å²) in [5.74, 6) is 1.38. The molecule has 2 amide bonds. The highest BCUT2D eigenvalue weighted by Gasteiger charge is 2.26. The number of aryl methyl sites for hydroxylation is 1. The van der Waals surface area contributed by atoms with Gasteiger partial charge in [-0.15, -0.1) is 11.3 Å². The van der Waals surface area contributed by atoms with Crippen LogP contribution in [0.4, 0.5) is 5.13 Å². The molecular weight excluding hydrogens is 398 g/mol. The van der Waals surface area contributed by atoms with Gasteiger partial charge in [-0.1, -0.05) is 25.7 Å². The van der Waals surface area contributed by atoms with Crippen molar-refractivity contribution in [1.29, 1.82) is 0 Å². The number of nitrogens with zero attached hydrogens (tertiary/aromatic N) is 4. The zero-order chi connectivity index (χ0) is 20.9. The van der Waals surface area contributed by atoms with Crippen molar-refractivity contribution in [3.63, 3.8) is 0 Å². The minimum atomic E-state index is -0.160. The number of amides is 2. The maximum atomic E-state index is 12.7. The summed E-state index contributed by atoms with van der Waals surface area (Å²) in [4.78, 5) is 31.4. The topological polar surface area (TPSA) is 80.1 Å². The number of anilines is 1. The molecule has 1 aliphatic carbocycles. The Morgan fingerprint density at radius 2 is 1.93 bits per heavy atom. The Balaban J connectivity index is 1.27. The smallest absolute Gasteiger partial charge is 0.260 e. The number of hydrogen-bond acceptors (Lipinski definition) is 5. The second-order valence-corrected chi connectivity index (χ2v) is 9.57. The predicted molar refractivity (Wildman–Crippen MR) is 117 cm³/mol. The van der Waals surface area contributed by atoms with E-state index in [1.807, 2.05) is 17.3 Å². The largest absolute Gasteiger partial charge is 0.343 e. The Hall–Kier alpha value is -2.22. The van der Waals surface area contributed by atoms with E-state index in [9.17, 15) is 9.59 Å². The minimum Gasteiger partial charge on any atom is -0.343 e. The fourth-order valence-corrected chi connectivity index (χ4v) is 5.29. The summed E-state index contributed by atoms with van der Waals surface area (Å²) in [6.45, 7) is 1.64. The van der Waals surface area contributed by atoms with Crippen molar-refractivity contribution in [2.45, 2.75) is 57.8 Å². The van der Waals surface area contributed by atoms with Crippen molar-refractivity contribution in [2.75, 3.05) is 18.4 Å². The highest BCUT2D eigenvalue weighted by Crippen LogP contribution is 2.29. The summed E-state index contributed by atoms with van der Waals surface area (Å²) in [6.07, 6.45) is 13.2. The average Bonchev–Trinajstić information content (AvgIpc) is 3.49. The molecular formula is C22H31N5O2S. The Bertz CT molecular complexity index is 849. The van der Waals surface area contributed by atoms with Gasteiger partial charge in [-0.2, -0.15) is 5.10 Å². The number of likely N-dealkylation sites (tertiary alicyclic amines) is 1. The van der Waals surface area contributed by atoms with E-state index in [0.29, 0.717) is 28.9 Å². The number of rotatable bonds is 7. The highest BCUT2D eigenvalue weighted by atomic mass is 32.1. The van der Waals surface area contributed by atoms with Crippen LogP contribution in [0.15, 0.2) is 17.8 Å². The van der Waals surface area contributed by atoms with Gasteiger partial charge < -0.3 is 4.90 Å². The van der Waals surface area contributed by atoms with Gasteiger partial charge in [0.2, 0.25) is 5.91 Å². The summed E-state index contributed by atoms with van der Waals surface area (Å²) in [7, 11) is 1.84. The molecule has 8 heteroatoms. The fraction of sp³-hybridized carbons (Fsp3) is 0.636. The molecule has 2 fully saturated rings. The first-order valence-electron chi connectivity index (χ1n) is 11.1. The first kappa shape index (κ1) is 21.0. The molecule has 0 bridgehead atoms. The van der Waals surface area contributed by atoms with E-state index in [0.717, 1.165) is 50.4 Å². The van der Waals surface area contributed by atoms with Gasteiger partial charge in [-0.3, -0.25) is 19.6 Å². The Labute approximate surface area is 181 Å². The van der Waals surface area contributed by atoms with Gasteiger partial charge in [0.25, 0.3) is 5.91 Å². The Morgan fingerprint density at radius 1 is 1.17 bits per heavy atom. The summed E-state index contributed by atoms with van der Waals surface area (Å²) >= 11 is 1.40. The third kappa shape index (κ3) is 5.28. The fourth-order valence-electron chi connectivity index (χ4n) is 4.77. The van der Waals surface area contributed by atoms with Crippen molar-refractivity contribution >= 4 is 28.3 Å². The zero-order valence-electron chi connectivity index (χ0n) is 17.7. The summed E-state index contributed by atoms with van der Waals surface area (Å²) in [5.41, 5.74) is 1.44. The first-order chi connectivity index (χ1) is 14.6. The number of hydrogen-bond donors (Lipinski definition) is 1. The summed E-state index contributed by atoms with van der Waals surface area (Å²) in [6, 6.07) is 0. The number of carbonyl (C=O) groups is 2. The number of nitrogens with one attached hydrogen (secondary N) is 1. The highest BCUT2D eigenvalue weighted by molar-refractivity contribution is 7.13. The molecule has 1 saturated carbocycles. The Kier molecular flexibility index (Phi) is 6.82. The lowest BCUT2D eigenvalue weighted by atomic mass is 9.90. The molecule has 1 aliphatic heterocycles. The van der Waals surface area contributed by atoms with Gasteiger partial charge >= 0.3 is 0 Å². The maximum Gasteiger partial charge on any atom is 0.260 e. The zero-order valence-corrected chi connectivity index (χ0v) is 18.5. The maximum absolute atomic E-state index is 12.7. The molecule has 1 saturated heterocycles. The number of piperidine rings is 1. The van der Waals surface area contributed by atoms with Gasteiger partial charge in [0.1, 0.15) is 0 Å². The lowest BCUT2D eigenvalue weighted by molar-refractivity contribution is -0.132. The molecule has 0 atom stereocenters. The van der Waals surface area contributed by atoms with E-state index in [1.54, 1.807) is 17.1 Å². The molecule has 162 valence electrons. The lowest BCUT2D eigenvalue weighted by Crippen LogP contribution is -2.39. The minimum absolute atomic E-state index is 0.160. The van der Waals surface area contributed by atoms with Crippen molar-refractivity contribution in [1.82, 2.24) is 19.7 Å². The van der Waals surface area contributed by atoms with E-state index < -0.39 is 0 Å². The lowest BCUT2D eigenvalue weighted by Gasteiger charge is -2.32. The average molecular weight is 430 g/mol. The van der Waals surface area contributed by atoms with Crippen LogP contribution >= 0.6 is 11.3 Å². The van der Waals surface area contributed by atoms with Crippen LogP contribution in [0.5, 0.6) is 0 Å². The number of carbonyl (C=O) groups excluding carboxylic acids is 2. The van der Waals surface area contributed by atoms with Crippen molar-refractivity contribution < 1.29 is 9.59 Å². The van der Waals surface area contributed by atoms with E-state index in [4.69, 9.17) is 0 Å². The van der Waals surface area contributed by atoms with E-state index in [1.165, 1.54) is 37.0 Å². The van der Waals surface area contributed by atoms with Crippen LogP contribution in [0.1, 0.15) is 67.4 Å². The van der Waals surface area contributed by atoms with Gasteiger partial charge in [-0.25, -0.2) is 4.98 Å². The second kappa shape index (κ2) is 9.73. The SMILES string of the molecule is Cn1cc(C(=O)Nc2nccs2)c(CC2CCN(C(=O)CCC3CCCC3)CC2)n1. The summed E-state index contributed by atoms with van der Waals surface area (Å²) < 4.78 is 1.70. The van der Waals surface area contributed by atoms with Crippen LogP contribution in [0.3, 0.4) is 0 Å². The number of aromatic nitrogens is 3. The molecule has 1 N–H and O–H groups in total. The molecule has 3 heterocycles. The standard InChI is InChI=1S/C22H31N5O2S/c1-26-15-18(21(29)24-22-23-10-13-30-22)19(25-26)14-17-8-11-27(12-9-17)20(28)7-6-16-4-2-3-5-16/h10,13,15-17H,2-9,11-12,14H2,1H3,(H,23,24,29). The van der Waals surface area contributed by atoms with Crippen molar-refractivity contribution in [3.8, 4) is 0 Å². The molecule has 4 rings (SSSR count). The molecule has 30 heavy (non-hydrogen) atoms. The molecule has 0 radical (unpaired) electrons. The van der Waals surface area contributed by atoms with E-state index >= 15 is 0 Å². The predicted octanol–water partition coefficient (Wildman–Crippen LogP) is 3.88. The van der Waals surface area contributed by atoms with Crippen LogP contribution in [-0.2, 0) is 18.3 Å². The van der Waals surface area contributed by atoms with E-state index in [2.05, 4.69) is 15.4 Å². The molecule has 2 aromatic rings. The molecule has 7 nitrogen and oxygen atoms in total. The van der Waals surface area contributed by atoms with Crippen LogP contribution in [0.2, 0.25) is 0 Å². The van der Waals surface area contributed by atoms with Crippen LogP contribution in [0.25, 0.3) is 0 Å². The normalized spacial score (nSPS) is 18.1. The molecule has 2 aromatic heterocycles. The third-order valence-corrected chi connectivity index (χ3v) is 7.18. The van der Waals surface area contributed by atoms with Crippen LogP contribution < -0.4 is 5.32 Å². The Morgan fingerprint density at radius 3 is 2.63 bits per heavy atom.